The smallest absolute Gasteiger partial charge is 0.243 e. The fraction of sp³-hybridized carbons (Fsp3) is 0.364. The van der Waals surface area contributed by atoms with Crippen molar-refractivity contribution in [2.75, 3.05) is 11.1 Å². The second kappa shape index (κ2) is 4.74. The molecule has 1 amide bonds. The minimum atomic E-state index is -0.156. The van der Waals surface area contributed by atoms with Crippen LogP contribution in [0.2, 0.25) is 0 Å². The number of amides is 1. The Kier molecular flexibility index (Phi) is 3.09. The Bertz CT molecular complexity index is 578. The van der Waals surface area contributed by atoms with Crippen molar-refractivity contribution in [2.45, 2.75) is 18.6 Å². The minimum absolute atomic E-state index is 0.0573. The van der Waals surface area contributed by atoms with Gasteiger partial charge < -0.3 is 5.32 Å². The summed E-state index contributed by atoms with van der Waals surface area (Å²) in [5.41, 5.74) is 1.72. The van der Waals surface area contributed by atoms with Crippen molar-refractivity contribution in [3.8, 4) is 0 Å². The third-order valence-corrected chi connectivity index (χ3v) is 5.05. The van der Waals surface area contributed by atoms with Crippen LogP contribution in [-0.2, 0) is 11.2 Å². The third kappa shape index (κ3) is 2.04. The number of fused-ring (bicyclic) bond motifs is 1. The van der Waals surface area contributed by atoms with Gasteiger partial charge >= 0.3 is 0 Å². The lowest BCUT2D eigenvalue weighted by molar-refractivity contribution is -0.115. The molecule has 0 bridgehead atoms. The van der Waals surface area contributed by atoms with Crippen LogP contribution in [0.25, 0.3) is 0 Å². The quantitative estimate of drug-likeness (QED) is 0.915. The van der Waals surface area contributed by atoms with E-state index in [1.165, 1.54) is 4.88 Å². The number of nitrogens with zero attached hydrogens (tertiary/aromatic N) is 2. The number of hydrogen-bond acceptors (Lipinski definition) is 6. The number of anilines is 1. The second-order valence-electron chi connectivity index (χ2n) is 3.99. The Balaban J connectivity index is 1.81. The average Bonchev–Trinajstić information content (AvgIpc) is 2.98. The van der Waals surface area contributed by atoms with Crippen LogP contribution in [-0.4, -0.2) is 22.0 Å². The van der Waals surface area contributed by atoms with Crippen molar-refractivity contribution in [3.05, 3.63) is 27.6 Å². The molecule has 0 fully saturated rings. The summed E-state index contributed by atoms with van der Waals surface area (Å²) in [6.45, 7) is 1.75. The molecule has 2 aromatic heterocycles. The van der Waals surface area contributed by atoms with Crippen molar-refractivity contribution in [1.82, 2.24) is 10.3 Å². The zero-order valence-electron chi connectivity index (χ0n) is 9.67. The van der Waals surface area contributed by atoms with E-state index in [1.54, 1.807) is 30.0 Å². The monoisotopic (exact) mass is 281 g/mol. The highest BCUT2D eigenvalue weighted by molar-refractivity contribution is 8.00. The molecule has 1 aliphatic rings. The van der Waals surface area contributed by atoms with E-state index in [-0.39, 0.29) is 11.2 Å². The summed E-state index contributed by atoms with van der Waals surface area (Å²) >= 11 is 3.38. The van der Waals surface area contributed by atoms with Crippen LogP contribution in [0.3, 0.4) is 0 Å². The fourth-order valence-corrected chi connectivity index (χ4v) is 4.18. The summed E-state index contributed by atoms with van der Waals surface area (Å²) in [6, 6.07) is 2.03. The van der Waals surface area contributed by atoms with Crippen molar-refractivity contribution < 1.29 is 9.42 Å². The van der Waals surface area contributed by atoms with Gasteiger partial charge in [0.15, 0.2) is 5.82 Å². The highest BCUT2D eigenvalue weighted by atomic mass is 32.2. The summed E-state index contributed by atoms with van der Waals surface area (Å²) in [4.78, 5) is 13.6. The Labute approximate surface area is 112 Å². The van der Waals surface area contributed by atoms with Gasteiger partial charge in [0, 0.05) is 4.88 Å². The van der Waals surface area contributed by atoms with Gasteiger partial charge in [-0.2, -0.15) is 0 Å². The molecule has 1 aliphatic heterocycles. The van der Waals surface area contributed by atoms with E-state index < -0.39 is 0 Å². The van der Waals surface area contributed by atoms with E-state index >= 15 is 0 Å². The first kappa shape index (κ1) is 11.7. The number of hydrogen-bond donors (Lipinski definition) is 1. The molecular weight excluding hydrogens is 270 g/mol. The number of thioether (sulfide) groups is 1. The Morgan fingerprint density at radius 3 is 3.22 bits per heavy atom. The lowest BCUT2D eigenvalue weighted by Crippen LogP contribution is -2.22. The fourth-order valence-electron chi connectivity index (χ4n) is 1.89. The van der Waals surface area contributed by atoms with Gasteiger partial charge in [0.25, 0.3) is 0 Å². The summed E-state index contributed by atoms with van der Waals surface area (Å²) in [5.74, 6) is 1.32. The molecule has 1 unspecified atom stereocenters. The van der Waals surface area contributed by atoms with Gasteiger partial charge in [-0.05, 0) is 41.3 Å². The van der Waals surface area contributed by atoms with E-state index in [0.717, 1.165) is 17.7 Å². The van der Waals surface area contributed by atoms with Gasteiger partial charge in [-0.1, -0.05) is 5.16 Å². The standard InChI is InChI=1S/C11H11N3O2S2/c1-6-10(14-16-13-6)12-11(15)9-7-2-4-17-8(7)3-5-18-9/h2,4,9H,3,5H2,1H3,(H,12,14,15). The van der Waals surface area contributed by atoms with E-state index in [2.05, 4.69) is 20.3 Å². The molecule has 0 aromatic carbocycles. The summed E-state index contributed by atoms with van der Waals surface area (Å²) < 4.78 is 4.57. The van der Waals surface area contributed by atoms with E-state index in [1.807, 2.05) is 11.4 Å². The van der Waals surface area contributed by atoms with Gasteiger partial charge in [-0.15, -0.1) is 23.1 Å². The number of aromatic nitrogens is 2. The topological polar surface area (TPSA) is 68.0 Å². The van der Waals surface area contributed by atoms with Gasteiger partial charge in [-0.3, -0.25) is 4.79 Å². The van der Waals surface area contributed by atoms with Crippen LogP contribution in [0, 0.1) is 6.92 Å². The predicted octanol–water partition coefficient (Wildman–Crippen LogP) is 2.41. The van der Waals surface area contributed by atoms with Crippen LogP contribution >= 0.6 is 23.1 Å². The maximum atomic E-state index is 12.2. The normalized spacial score (nSPS) is 18.4. The molecule has 1 atom stereocenters. The summed E-state index contributed by atoms with van der Waals surface area (Å²) in [5, 5.41) is 12.0. The molecule has 0 aliphatic carbocycles. The number of rotatable bonds is 2. The molecule has 1 N–H and O–H groups in total. The summed E-state index contributed by atoms with van der Waals surface area (Å²) in [7, 11) is 0. The zero-order valence-corrected chi connectivity index (χ0v) is 11.3. The van der Waals surface area contributed by atoms with Crippen LogP contribution in [0.5, 0.6) is 0 Å². The lowest BCUT2D eigenvalue weighted by atomic mass is 10.1. The van der Waals surface area contributed by atoms with Crippen molar-refractivity contribution in [2.24, 2.45) is 0 Å². The van der Waals surface area contributed by atoms with Gasteiger partial charge in [-0.25, -0.2) is 4.63 Å². The Morgan fingerprint density at radius 2 is 2.44 bits per heavy atom. The number of thiophene rings is 1. The van der Waals surface area contributed by atoms with Crippen LogP contribution in [0.15, 0.2) is 16.1 Å². The Morgan fingerprint density at radius 1 is 1.56 bits per heavy atom. The van der Waals surface area contributed by atoms with Crippen LogP contribution < -0.4 is 5.32 Å². The van der Waals surface area contributed by atoms with E-state index in [9.17, 15) is 4.79 Å². The molecule has 5 nitrogen and oxygen atoms in total. The number of nitrogens with one attached hydrogen (secondary N) is 1. The largest absolute Gasteiger partial charge is 0.305 e. The maximum absolute atomic E-state index is 12.2. The van der Waals surface area contributed by atoms with Gasteiger partial charge in [0.1, 0.15) is 10.9 Å². The van der Waals surface area contributed by atoms with Crippen LogP contribution in [0.4, 0.5) is 5.82 Å². The molecule has 3 heterocycles. The predicted molar refractivity (Wildman–Crippen MR) is 70.9 cm³/mol. The molecule has 2 aromatic rings. The SMILES string of the molecule is Cc1nonc1NC(=O)C1SCCc2sccc21. The molecular formula is C11H11N3O2S2. The lowest BCUT2D eigenvalue weighted by Gasteiger charge is -2.20. The zero-order chi connectivity index (χ0) is 12.5. The van der Waals surface area contributed by atoms with Crippen molar-refractivity contribution >= 4 is 34.8 Å². The van der Waals surface area contributed by atoms with Gasteiger partial charge in [0.2, 0.25) is 5.91 Å². The number of aryl methyl sites for hydroxylation is 2. The van der Waals surface area contributed by atoms with Crippen LogP contribution in [0.1, 0.15) is 21.4 Å². The first-order chi connectivity index (χ1) is 8.75. The molecule has 94 valence electrons. The molecule has 18 heavy (non-hydrogen) atoms. The molecule has 0 spiro atoms. The molecule has 3 rings (SSSR count). The van der Waals surface area contributed by atoms with E-state index in [4.69, 9.17) is 0 Å². The second-order valence-corrected chi connectivity index (χ2v) is 6.20. The molecule has 7 heteroatoms. The number of carbonyl (C=O) groups excluding carboxylic acids is 1. The first-order valence-corrected chi connectivity index (χ1v) is 7.46. The number of carbonyl (C=O) groups is 1. The molecule has 0 saturated carbocycles. The Hall–Kier alpha value is -1.34. The van der Waals surface area contributed by atoms with E-state index in [0.29, 0.717) is 11.5 Å². The first-order valence-electron chi connectivity index (χ1n) is 5.53. The molecule has 0 saturated heterocycles. The van der Waals surface area contributed by atoms with Gasteiger partial charge in [0.05, 0.1) is 0 Å². The third-order valence-electron chi connectivity index (χ3n) is 2.81. The van der Waals surface area contributed by atoms with Crippen molar-refractivity contribution in [3.63, 3.8) is 0 Å². The highest BCUT2D eigenvalue weighted by Gasteiger charge is 2.28. The summed E-state index contributed by atoms with van der Waals surface area (Å²) in [6.07, 6.45) is 1.05. The van der Waals surface area contributed by atoms with Crippen molar-refractivity contribution in [1.29, 1.82) is 0 Å². The molecule has 0 radical (unpaired) electrons. The maximum Gasteiger partial charge on any atom is 0.243 e. The minimum Gasteiger partial charge on any atom is -0.305 e. The highest BCUT2D eigenvalue weighted by Crippen LogP contribution is 2.39. The average molecular weight is 281 g/mol.